The molecule has 2 atom stereocenters. The number of rotatable bonds is 3. The van der Waals surface area contributed by atoms with E-state index in [0.717, 1.165) is 19.5 Å². The monoisotopic (exact) mass is 310 g/mol. The molecule has 0 spiro atoms. The summed E-state index contributed by atoms with van der Waals surface area (Å²) in [7, 11) is 0. The first kappa shape index (κ1) is 14.9. The highest BCUT2D eigenvalue weighted by Crippen LogP contribution is 2.33. The molecule has 122 valence electrons. The Morgan fingerprint density at radius 3 is 2.70 bits per heavy atom. The van der Waals surface area contributed by atoms with Crippen LogP contribution in [0, 0.1) is 0 Å². The molecular formula is C20H26N2O. The van der Waals surface area contributed by atoms with E-state index in [1.54, 1.807) is 0 Å². The zero-order valence-corrected chi connectivity index (χ0v) is 13.8. The number of hydrogen-bond donors (Lipinski definition) is 0. The molecule has 23 heavy (non-hydrogen) atoms. The zero-order valence-electron chi connectivity index (χ0n) is 13.8. The molecule has 2 saturated heterocycles. The lowest BCUT2D eigenvalue weighted by atomic mass is 9.95. The molecule has 2 aliphatic heterocycles. The lowest BCUT2D eigenvalue weighted by Crippen LogP contribution is -2.50. The van der Waals surface area contributed by atoms with Crippen LogP contribution in [0.5, 0.6) is 0 Å². The lowest BCUT2D eigenvalue weighted by Gasteiger charge is -2.39. The average Bonchev–Trinajstić information content (AvgIpc) is 3.24. The summed E-state index contributed by atoms with van der Waals surface area (Å²) in [6, 6.07) is 8.72. The first-order chi connectivity index (χ1) is 11.3. The van der Waals surface area contributed by atoms with Crippen molar-refractivity contribution in [3.05, 3.63) is 41.5 Å². The van der Waals surface area contributed by atoms with Crippen molar-refractivity contribution in [2.24, 2.45) is 0 Å². The number of hydrogen-bond acceptors (Lipinski definition) is 2. The Balaban J connectivity index is 1.50. The Morgan fingerprint density at radius 1 is 1.04 bits per heavy atom. The predicted molar refractivity (Wildman–Crippen MR) is 93.2 cm³/mol. The van der Waals surface area contributed by atoms with E-state index >= 15 is 0 Å². The van der Waals surface area contributed by atoms with Crippen LogP contribution >= 0.6 is 0 Å². The van der Waals surface area contributed by atoms with Crippen LogP contribution in [0.25, 0.3) is 6.08 Å². The number of piperidine rings is 1. The maximum atomic E-state index is 13.2. The van der Waals surface area contributed by atoms with Gasteiger partial charge in [-0.3, -0.25) is 4.79 Å². The molecule has 2 fully saturated rings. The second kappa shape index (κ2) is 6.48. The summed E-state index contributed by atoms with van der Waals surface area (Å²) in [6.07, 6.45) is 10.4. The fourth-order valence-electron chi connectivity index (χ4n) is 4.39. The molecule has 0 saturated carbocycles. The summed E-state index contributed by atoms with van der Waals surface area (Å²) in [5.74, 6) is 0.250. The Morgan fingerprint density at radius 2 is 1.83 bits per heavy atom. The molecule has 0 bridgehead atoms. The smallest absolute Gasteiger partial charge is 0.234 e. The van der Waals surface area contributed by atoms with Gasteiger partial charge in [0.05, 0.1) is 5.92 Å². The number of nitrogens with zero attached hydrogens (tertiary/aromatic N) is 2. The van der Waals surface area contributed by atoms with Crippen LogP contribution in [-0.4, -0.2) is 47.9 Å². The van der Waals surface area contributed by atoms with Crippen LogP contribution in [0.1, 0.15) is 49.1 Å². The van der Waals surface area contributed by atoms with Gasteiger partial charge in [0.2, 0.25) is 5.91 Å². The first-order valence-electron chi connectivity index (χ1n) is 9.13. The van der Waals surface area contributed by atoms with Gasteiger partial charge in [-0.05, 0) is 56.3 Å². The summed E-state index contributed by atoms with van der Waals surface area (Å²) in [5.41, 5.74) is 2.39. The minimum Gasteiger partial charge on any atom is -0.338 e. The molecule has 1 aliphatic carbocycles. The molecule has 3 heteroatoms. The van der Waals surface area contributed by atoms with Crippen molar-refractivity contribution in [2.45, 2.75) is 44.1 Å². The molecule has 1 aromatic rings. The van der Waals surface area contributed by atoms with E-state index in [1.807, 2.05) is 12.1 Å². The third-order valence-electron chi connectivity index (χ3n) is 5.64. The van der Waals surface area contributed by atoms with Crippen LogP contribution in [0.4, 0.5) is 0 Å². The molecule has 1 amide bonds. The number of fused-ring (bicyclic) bond motifs is 1. The quantitative estimate of drug-likeness (QED) is 0.855. The first-order valence-corrected chi connectivity index (χ1v) is 9.13. The predicted octanol–water partition coefficient (Wildman–Crippen LogP) is 3.27. The Hall–Kier alpha value is -1.61. The minimum atomic E-state index is -0.0645. The van der Waals surface area contributed by atoms with E-state index < -0.39 is 0 Å². The molecule has 2 unspecified atom stereocenters. The SMILES string of the molecule is O=C(C1C=Cc2ccccc21)N1CCCCC1CN1CCCC1. The Kier molecular flexibility index (Phi) is 4.21. The van der Waals surface area contributed by atoms with Crippen molar-refractivity contribution in [1.29, 1.82) is 0 Å². The largest absolute Gasteiger partial charge is 0.338 e. The van der Waals surface area contributed by atoms with Crippen molar-refractivity contribution >= 4 is 12.0 Å². The number of amides is 1. The van der Waals surface area contributed by atoms with E-state index in [4.69, 9.17) is 0 Å². The highest BCUT2D eigenvalue weighted by atomic mass is 16.2. The van der Waals surface area contributed by atoms with Gasteiger partial charge in [0.15, 0.2) is 0 Å². The van der Waals surface area contributed by atoms with Gasteiger partial charge in [0, 0.05) is 19.1 Å². The van der Waals surface area contributed by atoms with Gasteiger partial charge in [-0.25, -0.2) is 0 Å². The lowest BCUT2D eigenvalue weighted by molar-refractivity contribution is -0.135. The minimum absolute atomic E-state index is 0.0645. The normalized spacial score (nSPS) is 27.4. The standard InChI is InChI=1S/C20H26N2O/c23-20(19-11-10-16-7-1-2-9-18(16)19)22-14-4-3-8-17(22)15-21-12-5-6-13-21/h1-2,7,9-11,17,19H,3-6,8,12-15H2. The van der Waals surface area contributed by atoms with E-state index in [2.05, 4.69) is 34.1 Å². The highest BCUT2D eigenvalue weighted by molar-refractivity contribution is 5.90. The van der Waals surface area contributed by atoms with Crippen molar-refractivity contribution in [2.75, 3.05) is 26.2 Å². The molecule has 1 aromatic carbocycles. The maximum absolute atomic E-state index is 13.2. The van der Waals surface area contributed by atoms with Gasteiger partial charge in [0.25, 0.3) is 0 Å². The Bertz CT molecular complexity index is 603. The number of carbonyl (C=O) groups is 1. The summed E-state index contributed by atoms with van der Waals surface area (Å²) in [5, 5.41) is 0. The molecule has 3 aliphatic rings. The fraction of sp³-hybridized carbons (Fsp3) is 0.550. The van der Waals surface area contributed by atoms with Gasteiger partial charge in [0.1, 0.15) is 0 Å². The molecule has 0 radical (unpaired) electrons. The summed E-state index contributed by atoms with van der Waals surface area (Å²) >= 11 is 0. The molecular weight excluding hydrogens is 284 g/mol. The van der Waals surface area contributed by atoms with Crippen molar-refractivity contribution in [3.8, 4) is 0 Å². The van der Waals surface area contributed by atoms with E-state index in [0.29, 0.717) is 11.9 Å². The molecule has 0 aromatic heterocycles. The van der Waals surface area contributed by atoms with Crippen LogP contribution in [0.3, 0.4) is 0 Å². The highest BCUT2D eigenvalue weighted by Gasteiger charge is 2.34. The van der Waals surface area contributed by atoms with Crippen LogP contribution in [-0.2, 0) is 4.79 Å². The van der Waals surface area contributed by atoms with Gasteiger partial charge in [-0.2, -0.15) is 0 Å². The number of likely N-dealkylation sites (tertiary alicyclic amines) is 2. The second-order valence-electron chi connectivity index (χ2n) is 7.15. The van der Waals surface area contributed by atoms with Gasteiger partial charge in [-0.15, -0.1) is 0 Å². The third kappa shape index (κ3) is 2.94. The van der Waals surface area contributed by atoms with Crippen LogP contribution in [0.15, 0.2) is 30.3 Å². The second-order valence-corrected chi connectivity index (χ2v) is 7.15. The number of benzene rings is 1. The van der Waals surface area contributed by atoms with E-state index in [9.17, 15) is 4.79 Å². The van der Waals surface area contributed by atoms with Gasteiger partial charge in [-0.1, -0.05) is 36.4 Å². The molecule has 3 nitrogen and oxygen atoms in total. The summed E-state index contributed by atoms with van der Waals surface area (Å²) < 4.78 is 0. The summed E-state index contributed by atoms with van der Waals surface area (Å²) in [6.45, 7) is 4.43. The summed E-state index contributed by atoms with van der Waals surface area (Å²) in [4.78, 5) is 17.9. The van der Waals surface area contributed by atoms with E-state index in [-0.39, 0.29) is 5.92 Å². The average molecular weight is 310 g/mol. The van der Waals surface area contributed by atoms with Gasteiger partial charge >= 0.3 is 0 Å². The fourth-order valence-corrected chi connectivity index (χ4v) is 4.39. The van der Waals surface area contributed by atoms with Crippen molar-refractivity contribution < 1.29 is 4.79 Å². The van der Waals surface area contributed by atoms with Crippen LogP contribution in [0.2, 0.25) is 0 Å². The topological polar surface area (TPSA) is 23.6 Å². The molecule has 0 N–H and O–H groups in total. The van der Waals surface area contributed by atoms with Crippen LogP contribution < -0.4 is 0 Å². The van der Waals surface area contributed by atoms with Gasteiger partial charge < -0.3 is 9.80 Å². The molecule has 4 rings (SSSR count). The third-order valence-corrected chi connectivity index (χ3v) is 5.64. The molecule has 2 heterocycles. The maximum Gasteiger partial charge on any atom is 0.234 e. The van der Waals surface area contributed by atoms with E-state index in [1.165, 1.54) is 49.9 Å². The zero-order chi connectivity index (χ0) is 15.6. The Labute approximate surface area is 139 Å². The number of carbonyl (C=O) groups excluding carboxylic acids is 1. The van der Waals surface area contributed by atoms with Crippen molar-refractivity contribution in [1.82, 2.24) is 9.80 Å². The van der Waals surface area contributed by atoms with Crippen molar-refractivity contribution in [3.63, 3.8) is 0 Å².